The van der Waals surface area contributed by atoms with Crippen LogP contribution in [0.2, 0.25) is 0 Å². The molecule has 1 aliphatic heterocycles. The molecule has 0 fully saturated rings. The molecule has 19 heavy (non-hydrogen) atoms. The van der Waals surface area contributed by atoms with Gasteiger partial charge < -0.3 is 14.7 Å². The lowest BCUT2D eigenvalue weighted by atomic mass is 10.2. The Bertz CT molecular complexity index is 489. The number of carbonyl (C=O) groups is 2. The summed E-state index contributed by atoms with van der Waals surface area (Å²) >= 11 is 0. The van der Waals surface area contributed by atoms with Crippen LogP contribution in [-0.2, 0) is 9.53 Å². The van der Waals surface area contributed by atoms with Crippen LogP contribution >= 0.6 is 0 Å². The van der Waals surface area contributed by atoms with E-state index in [0.717, 1.165) is 0 Å². The number of hydrogen-bond acceptors (Lipinski definition) is 5. The molecule has 6 nitrogen and oxygen atoms in total. The van der Waals surface area contributed by atoms with Crippen molar-refractivity contribution < 1.29 is 19.4 Å². The molecule has 0 bridgehead atoms. The van der Waals surface area contributed by atoms with Gasteiger partial charge in [-0.1, -0.05) is 0 Å². The summed E-state index contributed by atoms with van der Waals surface area (Å²) < 4.78 is 4.80. The van der Waals surface area contributed by atoms with Crippen molar-refractivity contribution in [1.29, 1.82) is 0 Å². The van der Waals surface area contributed by atoms with Crippen molar-refractivity contribution in [3.8, 4) is 0 Å². The second-order valence-electron chi connectivity index (χ2n) is 4.22. The number of nitrogens with zero attached hydrogens (tertiary/aromatic N) is 2. The van der Waals surface area contributed by atoms with E-state index in [4.69, 9.17) is 4.74 Å². The molecule has 1 N–H and O–H groups in total. The maximum Gasteiger partial charge on any atom is 0.305 e. The number of pyridine rings is 1. The number of ether oxygens (including phenoxy) is 1. The molecule has 0 saturated carbocycles. The molecule has 0 aromatic carbocycles. The third-order valence-corrected chi connectivity index (χ3v) is 2.95. The lowest BCUT2D eigenvalue weighted by Crippen LogP contribution is -2.29. The lowest BCUT2D eigenvalue weighted by molar-refractivity contribution is -0.143. The fourth-order valence-corrected chi connectivity index (χ4v) is 2.07. The number of amides is 1. The topological polar surface area (TPSA) is 79.7 Å². The molecule has 1 atom stereocenters. The number of aliphatic hydroxyl groups is 1. The molecule has 0 aliphatic carbocycles. The van der Waals surface area contributed by atoms with Gasteiger partial charge in [-0.25, -0.2) is 0 Å². The molecule has 102 valence electrons. The molecule has 0 spiro atoms. The molecule has 0 saturated heterocycles. The van der Waals surface area contributed by atoms with Crippen LogP contribution in [0.25, 0.3) is 0 Å². The van der Waals surface area contributed by atoms with E-state index in [1.54, 1.807) is 19.1 Å². The van der Waals surface area contributed by atoms with Gasteiger partial charge in [-0.05, 0) is 25.5 Å². The molecule has 1 aromatic heterocycles. The second-order valence-corrected chi connectivity index (χ2v) is 4.22. The fourth-order valence-electron chi connectivity index (χ4n) is 2.07. The summed E-state index contributed by atoms with van der Waals surface area (Å²) in [5, 5.41) is 10.0. The van der Waals surface area contributed by atoms with Gasteiger partial charge in [-0.15, -0.1) is 0 Å². The minimum absolute atomic E-state index is 0.230. The standard InChI is InChI=1S/C13H16N2O4/c1-2-19-10(16)6-4-8-15-12(17)9-5-3-7-14-11(9)13(15)18/h3,5,7,13,18H,2,4,6,8H2,1H3. The van der Waals surface area contributed by atoms with E-state index in [-0.39, 0.29) is 18.3 Å². The van der Waals surface area contributed by atoms with E-state index < -0.39 is 6.23 Å². The van der Waals surface area contributed by atoms with Gasteiger partial charge in [0.05, 0.1) is 12.2 Å². The van der Waals surface area contributed by atoms with Crippen LogP contribution in [-0.4, -0.2) is 40.0 Å². The number of rotatable bonds is 5. The monoisotopic (exact) mass is 264 g/mol. The van der Waals surface area contributed by atoms with Crippen molar-refractivity contribution in [3.63, 3.8) is 0 Å². The summed E-state index contributed by atoms with van der Waals surface area (Å²) in [6.07, 6.45) is 1.20. The predicted octanol–water partition coefficient (Wildman–Crippen LogP) is 0.872. The van der Waals surface area contributed by atoms with Crippen molar-refractivity contribution in [2.45, 2.75) is 26.0 Å². The first-order chi connectivity index (χ1) is 9.15. The molecule has 0 radical (unpaired) electrons. The second kappa shape index (κ2) is 5.79. The van der Waals surface area contributed by atoms with Crippen molar-refractivity contribution in [2.75, 3.05) is 13.2 Å². The largest absolute Gasteiger partial charge is 0.466 e. The minimum Gasteiger partial charge on any atom is -0.466 e. The summed E-state index contributed by atoms with van der Waals surface area (Å²) in [5.41, 5.74) is 0.801. The summed E-state index contributed by atoms with van der Waals surface area (Å²) in [7, 11) is 0. The Balaban J connectivity index is 1.93. The number of hydrogen-bond donors (Lipinski definition) is 1. The van der Waals surface area contributed by atoms with Crippen LogP contribution in [0.4, 0.5) is 0 Å². The Kier molecular flexibility index (Phi) is 4.11. The highest BCUT2D eigenvalue weighted by Gasteiger charge is 2.35. The summed E-state index contributed by atoms with van der Waals surface area (Å²) in [4.78, 5) is 28.5. The van der Waals surface area contributed by atoms with E-state index in [2.05, 4.69) is 4.98 Å². The van der Waals surface area contributed by atoms with E-state index >= 15 is 0 Å². The Labute approximate surface area is 111 Å². The molecular formula is C13H16N2O4. The number of aliphatic hydroxyl groups excluding tert-OH is 1. The first-order valence-corrected chi connectivity index (χ1v) is 6.24. The zero-order chi connectivity index (χ0) is 13.8. The molecular weight excluding hydrogens is 248 g/mol. The first-order valence-electron chi connectivity index (χ1n) is 6.24. The third kappa shape index (κ3) is 2.73. The smallest absolute Gasteiger partial charge is 0.305 e. The van der Waals surface area contributed by atoms with E-state index in [0.29, 0.717) is 30.8 Å². The van der Waals surface area contributed by atoms with E-state index in [1.165, 1.54) is 11.1 Å². The maximum atomic E-state index is 12.0. The van der Waals surface area contributed by atoms with E-state index in [1.807, 2.05) is 0 Å². The highest BCUT2D eigenvalue weighted by Crippen LogP contribution is 2.29. The number of fused-ring (bicyclic) bond motifs is 1. The average molecular weight is 264 g/mol. The van der Waals surface area contributed by atoms with E-state index in [9.17, 15) is 14.7 Å². The van der Waals surface area contributed by atoms with Crippen LogP contribution in [0.5, 0.6) is 0 Å². The first kappa shape index (κ1) is 13.5. The highest BCUT2D eigenvalue weighted by atomic mass is 16.5. The van der Waals surface area contributed by atoms with Crippen molar-refractivity contribution >= 4 is 11.9 Å². The van der Waals surface area contributed by atoms with Gasteiger partial charge in [0.15, 0.2) is 6.23 Å². The molecule has 1 amide bonds. The van der Waals surface area contributed by atoms with Gasteiger partial charge in [0, 0.05) is 19.2 Å². The predicted molar refractivity (Wildman–Crippen MR) is 66.1 cm³/mol. The van der Waals surface area contributed by atoms with Crippen LogP contribution in [0.3, 0.4) is 0 Å². The molecule has 2 rings (SSSR count). The molecule has 2 heterocycles. The van der Waals surface area contributed by atoms with Gasteiger partial charge in [-0.2, -0.15) is 0 Å². The highest BCUT2D eigenvalue weighted by molar-refractivity contribution is 5.98. The third-order valence-electron chi connectivity index (χ3n) is 2.95. The van der Waals surface area contributed by atoms with Crippen molar-refractivity contribution in [1.82, 2.24) is 9.88 Å². The van der Waals surface area contributed by atoms with Gasteiger partial charge in [0.25, 0.3) is 5.91 Å². The molecule has 1 unspecified atom stereocenters. The SMILES string of the molecule is CCOC(=O)CCCN1C(=O)c2cccnc2C1O. The number of carbonyl (C=O) groups excluding carboxylic acids is 2. The maximum absolute atomic E-state index is 12.0. The molecule has 1 aromatic rings. The average Bonchev–Trinajstić information content (AvgIpc) is 2.65. The summed E-state index contributed by atoms with van der Waals surface area (Å²) in [6.45, 7) is 2.39. The van der Waals surface area contributed by atoms with Gasteiger partial charge in [-0.3, -0.25) is 14.6 Å². The Hall–Kier alpha value is -1.95. The Morgan fingerprint density at radius 3 is 3.05 bits per heavy atom. The van der Waals surface area contributed by atoms with Crippen LogP contribution in [0, 0.1) is 0 Å². The lowest BCUT2D eigenvalue weighted by Gasteiger charge is -2.19. The van der Waals surface area contributed by atoms with Crippen molar-refractivity contribution in [2.24, 2.45) is 0 Å². The van der Waals surface area contributed by atoms with Crippen molar-refractivity contribution in [3.05, 3.63) is 29.6 Å². The normalized spacial score (nSPS) is 17.5. The minimum atomic E-state index is -1.02. The molecule has 1 aliphatic rings. The van der Waals surface area contributed by atoms with Gasteiger partial charge in [0.2, 0.25) is 0 Å². The fraction of sp³-hybridized carbons (Fsp3) is 0.462. The van der Waals surface area contributed by atoms with Gasteiger partial charge in [0.1, 0.15) is 5.69 Å². The van der Waals surface area contributed by atoms with Crippen LogP contribution < -0.4 is 0 Å². The van der Waals surface area contributed by atoms with Gasteiger partial charge >= 0.3 is 5.97 Å². The number of aromatic nitrogens is 1. The van der Waals surface area contributed by atoms with Crippen LogP contribution in [0.1, 0.15) is 42.0 Å². The zero-order valence-corrected chi connectivity index (χ0v) is 10.7. The summed E-state index contributed by atoms with van der Waals surface area (Å²) in [6, 6.07) is 3.30. The van der Waals surface area contributed by atoms with Crippen LogP contribution in [0.15, 0.2) is 18.3 Å². The molecule has 6 heteroatoms. The Morgan fingerprint density at radius 1 is 1.58 bits per heavy atom. The summed E-state index contributed by atoms with van der Waals surface area (Å²) in [5.74, 6) is -0.543. The Morgan fingerprint density at radius 2 is 2.37 bits per heavy atom. The number of esters is 1. The quantitative estimate of drug-likeness (QED) is 0.798. The zero-order valence-electron chi connectivity index (χ0n) is 10.7.